The molecule has 1 aromatic heterocycles. The van der Waals surface area contributed by atoms with Crippen molar-refractivity contribution in [1.82, 2.24) is 14.5 Å². The van der Waals surface area contributed by atoms with Crippen LogP contribution in [0.25, 0.3) is 0 Å². The predicted octanol–water partition coefficient (Wildman–Crippen LogP) is 1.79. The standard InChI is InChI=1S/C14H25N3O/c1-16(11-14-15-8-9-17(14)2)10-13(18)12-6-4-3-5-7-12/h8-9,12-13,18H,3-7,10-11H2,1-2H3. The summed E-state index contributed by atoms with van der Waals surface area (Å²) in [5.74, 6) is 1.55. The van der Waals surface area contributed by atoms with Crippen molar-refractivity contribution >= 4 is 0 Å². The maximum atomic E-state index is 10.3. The minimum atomic E-state index is -0.185. The van der Waals surface area contributed by atoms with Gasteiger partial charge in [-0.1, -0.05) is 19.3 Å². The maximum absolute atomic E-state index is 10.3. The third-order valence-electron chi connectivity index (χ3n) is 4.03. The number of aliphatic hydroxyl groups excluding tert-OH is 1. The molecule has 4 nitrogen and oxygen atoms in total. The predicted molar refractivity (Wildman–Crippen MR) is 72.1 cm³/mol. The van der Waals surface area contributed by atoms with Gasteiger partial charge in [-0.05, 0) is 25.8 Å². The van der Waals surface area contributed by atoms with Gasteiger partial charge in [0.15, 0.2) is 0 Å². The lowest BCUT2D eigenvalue weighted by atomic mass is 9.85. The molecule has 0 aromatic carbocycles. The fourth-order valence-electron chi connectivity index (χ4n) is 2.84. The van der Waals surface area contributed by atoms with Crippen LogP contribution >= 0.6 is 0 Å². The van der Waals surface area contributed by atoms with Crippen LogP contribution in [0.5, 0.6) is 0 Å². The highest BCUT2D eigenvalue weighted by Crippen LogP contribution is 2.26. The van der Waals surface area contributed by atoms with E-state index in [1.54, 1.807) is 0 Å². The van der Waals surface area contributed by atoms with Crippen molar-refractivity contribution in [3.05, 3.63) is 18.2 Å². The maximum Gasteiger partial charge on any atom is 0.122 e. The van der Waals surface area contributed by atoms with Crippen molar-refractivity contribution in [3.63, 3.8) is 0 Å². The lowest BCUT2D eigenvalue weighted by Gasteiger charge is -2.29. The first-order chi connectivity index (χ1) is 8.66. The Balaban J connectivity index is 1.79. The molecule has 0 bridgehead atoms. The molecule has 1 atom stereocenters. The van der Waals surface area contributed by atoms with Crippen LogP contribution in [0.1, 0.15) is 37.9 Å². The van der Waals surface area contributed by atoms with Crippen LogP contribution in [0.4, 0.5) is 0 Å². The van der Waals surface area contributed by atoms with E-state index < -0.39 is 0 Å². The van der Waals surface area contributed by atoms with Gasteiger partial charge in [-0.3, -0.25) is 4.90 Å². The van der Waals surface area contributed by atoms with E-state index in [2.05, 4.69) is 16.9 Å². The molecule has 4 heteroatoms. The lowest BCUT2D eigenvalue weighted by molar-refractivity contribution is 0.0523. The smallest absolute Gasteiger partial charge is 0.122 e. The van der Waals surface area contributed by atoms with Gasteiger partial charge < -0.3 is 9.67 Å². The van der Waals surface area contributed by atoms with Crippen molar-refractivity contribution in [2.24, 2.45) is 13.0 Å². The number of hydrogen-bond acceptors (Lipinski definition) is 3. The van der Waals surface area contributed by atoms with E-state index in [4.69, 9.17) is 0 Å². The van der Waals surface area contributed by atoms with Gasteiger partial charge in [0.25, 0.3) is 0 Å². The molecule has 0 radical (unpaired) electrons. The second kappa shape index (κ2) is 6.34. The van der Waals surface area contributed by atoms with Crippen LogP contribution in [0, 0.1) is 5.92 Å². The lowest BCUT2D eigenvalue weighted by Crippen LogP contribution is -2.35. The Labute approximate surface area is 110 Å². The van der Waals surface area contributed by atoms with Gasteiger partial charge in [-0.25, -0.2) is 4.98 Å². The molecule has 1 heterocycles. The Kier molecular flexibility index (Phi) is 4.78. The fraction of sp³-hybridized carbons (Fsp3) is 0.786. The third-order valence-corrected chi connectivity index (χ3v) is 4.03. The van der Waals surface area contributed by atoms with Crippen LogP contribution in [0.2, 0.25) is 0 Å². The molecule has 0 saturated heterocycles. The van der Waals surface area contributed by atoms with Gasteiger partial charge in [0.2, 0.25) is 0 Å². The Morgan fingerprint density at radius 1 is 1.44 bits per heavy atom. The average molecular weight is 251 g/mol. The van der Waals surface area contributed by atoms with E-state index in [0.717, 1.165) is 18.9 Å². The quantitative estimate of drug-likeness (QED) is 0.867. The molecular formula is C14H25N3O. The summed E-state index contributed by atoms with van der Waals surface area (Å²) < 4.78 is 2.03. The molecule has 1 aliphatic carbocycles. The molecule has 0 aliphatic heterocycles. The van der Waals surface area contributed by atoms with Gasteiger partial charge in [-0.2, -0.15) is 0 Å². The number of nitrogens with zero attached hydrogens (tertiary/aromatic N) is 3. The summed E-state index contributed by atoms with van der Waals surface area (Å²) in [6.45, 7) is 1.55. The second-order valence-corrected chi connectivity index (χ2v) is 5.62. The van der Waals surface area contributed by atoms with E-state index in [0.29, 0.717) is 5.92 Å². The minimum Gasteiger partial charge on any atom is -0.392 e. The number of imidazole rings is 1. The summed E-state index contributed by atoms with van der Waals surface area (Å²) in [4.78, 5) is 6.48. The molecule has 2 rings (SSSR count). The molecule has 1 saturated carbocycles. The van der Waals surface area contributed by atoms with E-state index in [1.807, 2.05) is 24.0 Å². The zero-order chi connectivity index (χ0) is 13.0. The van der Waals surface area contributed by atoms with Crippen molar-refractivity contribution in [3.8, 4) is 0 Å². The average Bonchev–Trinajstić information content (AvgIpc) is 2.76. The van der Waals surface area contributed by atoms with Gasteiger partial charge >= 0.3 is 0 Å². The largest absolute Gasteiger partial charge is 0.392 e. The highest BCUT2D eigenvalue weighted by Gasteiger charge is 2.22. The number of likely N-dealkylation sites (N-methyl/N-ethyl adjacent to an activating group) is 1. The first-order valence-electron chi connectivity index (χ1n) is 6.99. The van der Waals surface area contributed by atoms with Gasteiger partial charge in [-0.15, -0.1) is 0 Å². The zero-order valence-electron chi connectivity index (χ0n) is 11.5. The first kappa shape index (κ1) is 13.6. The summed E-state index contributed by atoms with van der Waals surface area (Å²) in [6, 6.07) is 0. The molecule has 18 heavy (non-hydrogen) atoms. The minimum absolute atomic E-state index is 0.185. The molecular weight excluding hydrogens is 226 g/mol. The van der Waals surface area contributed by atoms with Crippen LogP contribution < -0.4 is 0 Å². The summed E-state index contributed by atoms with van der Waals surface area (Å²) >= 11 is 0. The first-order valence-corrected chi connectivity index (χ1v) is 6.99. The topological polar surface area (TPSA) is 41.3 Å². The van der Waals surface area contributed by atoms with Crippen molar-refractivity contribution in [2.45, 2.75) is 44.8 Å². The Bertz CT molecular complexity index is 358. The third kappa shape index (κ3) is 3.56. The number of aliphatic hydroxyl groups is 1. The van der Waals surface area contributed by atoms with Crippen molar-refractivity contribution in [1.29, 1.82) is 0 Å². The molecule has 1 fully saturated rings. The summed E-state index contributed by atoms with van der Waals surface area (Å²) in [5, 5.41) is 10.3. The normalized spacial score (nSPS) is 19.3. The van der Waals surface area contributed by atoms with Crippen molar-refractivity contribution in [2.75, 3.05) is 13.6 Å². The number of rotatable bonds is 5. The molecule has 1 N–H and O–H groups in total. The molecule has 1 unspecified atom stereocenters. The Hall–Kier alpha value is -0.870. The van der Waals surface area contributed by atoms with E-state index >= 15 is 0 Å². The Morgan fingerprint density at radius 3 is 2.78 bits per heavy atom. The van der Waals surface area contributed by atoms with E-state index in [-0.39, 0.29) is 6.10 Å². The van der Waals surface area contributed by atoms with Crippen LogP contribution in [0.3, 0.4) is 0 Å². The molecule has 0 amide bonds. The summed E-state index contributed by atoms with van der Waals surface area (Å²) in [6.07, 6.45) is 9.88. The van der Waals surface area contributed by atoms with Crippen LogP contribution in [-0.4, -0.2) is 39.3 Å². The Morgan fingerprint density at radius 2 is 2.17 bits per heavy atom. The molecule has 102 valence electrons. The van der Waals surface area contributed by atoms with Crippen LogP contribution in [0.15, 0.2) is 12.4 Å². The number of aryl methyl sites for hydroxylation is 1. The van der Waals surface area contributed by atoms with E-state index in [1.165, 1.54) is 32.1 Å². The highest BCUT2D eigenvalue weighted by atomic mass is 16.3. The fourth-order valence-corrected chi connectivity index (χ4v) is 2.84. The summed E-state index contributed by atoms with van der Waals surface area (Å²) in [7, 11) is 4.06. The highest BCUT2D eigenvalue weighted by molar-refractivity contribution is 4.91. The molecule has 0 spiro atoms. The van der Waals surface area contributed by atoms with Gasteiger partial charge in [0, 0.05) is 26.0 Å². The zero-order valence-corrected chi connectivity index (χ0v) is 11.5. The molecule has 1 aliphatic rings. The van der Waals surface area contributed by atoms with Gasteiger partial charge in [0.05, 0.1) is 12.6 Å². The molecule has 1 aromatic rings. The van der Waals surface area contributed by atoms with Gasteiger partial charge in [0.1, 0.15) is 5.82 Å². The van der Waals surface area contributed by atoms with Crippen LogP contribution in [-0.2, 0) is 13.6 Å². The SMILES string of the molecule is CN(Cc1nccn1C)CC(O)C1CCCCC1. The monoisotopic (exact) mass is 251 g/mol. The second-order valence-electron chi connectivity index (χ2n) is 5.62. The van der Waals surface area contributed by atoms with E-state index in [9.17, 15) is 5.11 Å². The summed E-state index contributed by atoms with van der Waals surface area (Å²) in [5.41, 5.74) is 0. The number of hydrogen-bond donors (Lipinski definition) is 1. The number of aromatic nitrogens is 2. The van der Waals surface area contributed by atoms with Crippen molar-refractivity contribution < 1.29 is 5.11 Å².